The quantitative estimate of drug-likeness (QED) is 0.511. The van der Waals surface area contributed by atoms with Crippen molar-refractivity contribution in [3.05, 3.63) is 47.4 Å². The Morgan fingerprint density at radius 1 is 1.29 bits per heavy atom. The number of aromatic nitrogens is 4. The van der Waals surface area contributed by atoms with Gasteiger partial charge in [-0.25, -0.2) is 9.56 Å². The van der Waals surface area contributed by atoms with Gasteiger partial charge >= 0.3 is 5.82 Å². The van der Waals surface area contributed by atoms with Gasteiger partial charge in [-0.2, -0.15) is 9.61 Å². The van der Waals surface area contributed by atoms with E-state index in [-0.39, 0.29) is 17.9 Å². The molecule has 2 aliphatic heterocycles. The molecular weight excluding hydrogens is 432 g/mol. The smallest absolute Gasteiger partial charge is 0.327 e. The average molecular weight is 462 g/mol. The van der Waals surface area contributed by atoms with Crippen molar-refractivity contribution in [2.24, 2.45) is 0 Å². The number of nitrogens with zero attached hydrogens (tertiary/aromatic N) is 6. The van der Waals surface area contributed by atoms with Crippen LogP contribution in [0.25, 0.3) is 5.65 Å². The van der Waals surface area contributed by atoms with Gasteiger partial charge in [0.2, 0.25) is 0 Å². The summed E-state index contributed by atoms with van der Waals surface area (Å²) in [6, 6.07) is 6.36. The van der Waals surface area contributed by atoms with E-state index in [1.54, 1.807) is 10.7 Å². The predicted octanol–water partition coefficient (Wildman–Crippen LogP) is 1.25. The van der Waals surface area contributed by atoms with Gasteiger partial charge in [-0.3, -0.25) is 9.69 Å². The third kappa shape index (κ3) is 3.92. The van der Waals surface area contributed by atoms with E-state index >= 15 is 0 Å². The Morgan fingerprint density at radius 3 is 2.94 bits per heavy atom. The van der Waals surface area contributed by atoms with E-state index < -0.39 is 0 Å². The molecule has 0 radical (unpaired) electrons. The molecular formula is C24H29N8O2+. The highest BCUT2D eigenvalue weighted by Crippen LogP contribution is 2.35. The van der Waals surface area contributed by atoms with Crippen molar-refractivity contribution >= 4 is 29.4 Å². The van der Waals surface area contributed by atoms with E-state index in [0.29, 0.717) is 11.2 Å². The lowest BCUT2D eigenvalue weighted by Crippen LogP contribution is -2.39. The van der Waals surface area contributed by atoms with Gasteiger partial charge in [-0.1, -0.05) is 0 Å². The van der Waals surface area contributed by atoms with Gasteiger partial charge in [0, 0.05) is 38.8 Å². The Balaban J connectivity index is 1.35. The van der Waals surface area contributed by atoms with Gasteiger partial charge in [-0.05, 0) is 30.0 Å². The molecule has 6 rings (SSSR count). The van der Waals surface area contributed by atoms with Crippen LogP contribution in [0.4, 0.5) is 11.6 Å². The van der Waals surface area contributed by atoms with E-state index in [2.05, 4.69) is 42.5 Å². The number of carbonyl (C=O) groups is 1. The van der Waals surface area contributed by atoms with E-state index in [1.807, 2.05) is 25.4 Å². The van der Waals surface area contributed by atoms with Gasteiger partial charge < -0.3 is 15.4 Å². The molecule has 176 valence electrons. The highest BCUT2D eigenvalue weighted by Gasteiger charge is 2.34. The molecule has 3 aromatic rings. The third-order valence-electron chi connectivity index (χ3n) is 6.74. The van der Waals surface area contributed by atoms with Crippen molar-refractivity contribution in [1.82, 2.24) is 29.8 Å². The fraction of sp³-hybridized carbons (Fsp3) is 0.458. The van der Waals surface area contributed by atoms with Crippen molar-refractivity contribution in [1.29, 1.82) is 0 Å². The maximum Gasteiger partial charge on any atom is 0.327 e. The molecule has 0 aromatic carbocycles. The molecule has 3 aliphatic rings. The molecule has 2 N–H and O–H groups in total. The van der Waals surface area contributed by atoms with Gasteiger partial charge in [0.1, 0.15) is 24.1 Å². The predicted molar refractivity (Wildman–Crippen MR) is 127 cm³/mol. The first-order chi connectivity index (χ1) is 16.7. The third-order valence-corrected chi connectivity index (χ3v) is 6.74. The number of hydrogen-bond donors (Lipinski definition) is 2. The van der Waals surface area contributed by atoms with Crippen LogP contribution in [0, 0.1) is 0 Å². The minimum atomic E-state index is -0.117. The molecule has 10 heteroatoms. The van der Waals surface area contributed by atoms with Crippen molar-refractivity contribution in [3.8, 4) is 0 Å². The summed E-state index contributed by atoms with van der Waals surface area (Å²) in [6.07, 6.45) is 7.71. The zero-order valence-electron chi connectivity index (χ0n) is 19.3. The summed E-state index contributed by atoms with van der Waals surface area (Å²) in [5.41, 5.74) is 3.04. The number of pyridine rings is 1. The largest absolute Gasteiger partial charge is 0.379 e. The molecule has 1 aliphatic carbocycles. The normalized spacial score (nSPS) is 20.3. The van der Waals surface area contributed by atoms with Crippen LogP contribution >= 0.6 is 0 Å². The lowest BCUT2D eigenvalue weighted by Gasteiger charge is -2.25. The number of carbonyl (C=O) groups excluding carboxylic acids is 1. The highest BCUT2D eigenvalue weighted by atomic mass is 16.5. The Labute approximate surface area is 197 Å². The number of ether oxygens (including phenoxy) is 1. The van der Waals surface area contributed by atoms with Crippen LogP contribution in [-0.4, -0.2) is 93.7 Å². The molecule has 1 atom stereocenters. The standard InChI is InChI=1S/C24H28N8O2/c1-25-21-13-20(29-23-18(14-27-32(21)23)24(33)28-16-4-5-16)19-15-31(22-17(19)3-2-6-26-22)8-7-30-9-11-34-12-10-30/h2-3,6,13-16,19H,4-5,7-12H2,1H3,(H-,25,27,28,29,33)/p+1. The minimum Gasteiger partial charge on any atom is -0.379 e. The van der Waals surface area contributed by atoms with E-state index in [0.717, 1.165) is 75.1 Å². The SMILES string of the molecule is CNc1cc(C2C=[N+](CCN3CCOCC3)c3ncccc32)nc2c(C(=O)NC3CC3)cnn12. The second-order valence-electron chi connectivity index (χ2n) is 9.05. The fourth-order valence-electron chi connectivity index (χ4n) is 4.68. The molecule has 1 saturated carbocycles. The molecule has 34 heavy (non-hydrogen) atoms. The van der Waals surface area contributed by atoms with Crippen LogP contribution in [0.5, 0.6) is 0 Å². The topological polar surface area (TPSA) is 99.7 Å². The number of rotatable bonds is 7. The maximum absolute atomic E-state index is 12.8. The Morgan fingerprint density at radius 2 is 2.15 bits per heavy atom. The zero-order valence-corrected chi connectivity index (χ0v) is 19.3. The average Bonchev–Trinajstić information content (AvgIpc) is 3.46. The number of anilines is 1. The Bertz CT molecular complexity index is 1260. The van der Waals surface area contributed by atoms with Crippen LogP contribution in [-0.2, 0) is 4.74 Å². The zero-order chi connectivity index (χ0) is 23.1. The summed E-state index contributed by atoms with van der Waals surface area (Å²) in [4.78, 5) is 24.9. The minimum absolute atomic E-state index is 0.0558. The second kappa shape index (κ2) is 8.77. The molecule has 5 heterocycles. The first kappa shape index (κ1) is 21.2. The van der Waals surface area contributed by atoms with Crippen LogP contribution < -0.4 is 10.6 Å². The Hall–Kier alpha value is -3.37. The summed E-state index contributed by atoms with van der Waals surface area (Å²) in [7, 11) is 1.85. The van der Waals surface area contributed by atoms with Crippen LogP contribution in [0.15, 0.2) is 30.6 Å². The summed E-state index contributed by atoms with van der Waals surface area (Å²) in [5.74, 6) is 1.58. The van der Waals surface area contributed by atoms with E-state index in [1.165, 1.54) is 0 Å². The molecule has 1 saturated heterocycles. The number of fused-ring (bicyclic) bond motifs is 2. The van der Waals surface area contributed by atoms with Crippen molar-refractivity contribution in [2.75, 3.05) is 51.8 Å². The number of morpholine rings is 1. The first-order valence-electron chi connectivity index (χ1n) is 11.9. The van der Waals surface area contributed by atoms with Crippen molar-refractivity contribution in [3.63, 3.8) is 0 Å². The molecule has 0 spiro atoms. The summed E-state index contributed by atoms with van der Waals surface area (Å²) >= 11 is 0. The van der Waals surface area contributed by atoms with Crippen molar-refractivity contribution < 1.29 is 14.1 Å². The first-order valence-corrected chi connectivity index (χ1v) is 11.9. The molecule has 3 aromatic heterocycles. The van der Waals surface area contributed by atoms with Crippen molar-refractivity contribution in [2.45, 2.75) is 24.8 Å². The number of hydrogen-bond acceptors (Lipinski definition) is 7. The number of amides is 1. The van der Waals surface area contributed by atoms with Crippen LogP contribution in [0.1, 0.15) is 40.4 Å². The summed E-state index contributed by atoms with van der Waals surface area (Å²) in [6.45, 7) is 5.31. The van der Waals surface area contributed by atoms with E-state index in [9.17, 15) is 4.79 Å². The second-order valence-corrected chi connectivity index (χ2v) is 9.05. The molecule has 2 fully saturated rings. The summed E-state index contributed by atoms with van der Waals surface area (Å²) < 4.78 is 9.41. The molecule has 1 amide bonds. The molecule has 1 unspecified atom stereocenters. The lowest BCUT2D eigenvalue weighted by molar-refractivity contribution is -0.438. The van der Waals surface area contributed by atoms with Crippen LogP contribution in [0.2, 0.25) is 0 Å². The highest BCUT2D eigenvalue weighted by molar-refractivity contribution is 6.00. The van der Waals surface area contributed by atoms with Gasteiger partial charge in [0.15, 0.2) is 5.65 Å². The molecule has 10 nitrogen and oxygen atoms in total. The summed E-state index contributed by atoms with van der Waals surface area (Å²) in [5, 5.41) is 10.7. The maximum atomic E-state index is 12.8. The van der Waals surface area contributed by atoms with E-state index in [4.69, 9.17) is 9.72 Å². The monoisotopic (exact) mass is 461 g/mol. The number of nitrogens with one attached hydrogen (secondary N) is 2. The Kier molecular flexibility index (Phi) is 5.46. The fourth-order valence-corrected chi connectivity index (χ4v) is 4.68. The van der Waals surface area contributed by atoms with Gasteiger partial charge in [0.05, 0.1) is 42.8 Å². The van der Waals surface area contributed by atoms with Gasteiger partial charge in [-0.15, -0.1) is 0 Å². The molecule has 0 bridgehead atoms. The lowest BCUT2D eigenvalue weighted by atomic mass is 9.99. The van der Waals surface area contributed by atoms with Gasteiger partial charge in [0.25, 0.3) is 5.91 Å². The van der Waals surface area contributed by atoms with Crippen LogP contribution in [0.3, 0.4) is 0 Å².